The minimum Gasteiger partial charge on any atom is -0.300 e. The molecule has 1 aliphatic rings. The zero-order valence-electron chi connectivity index (χ0n) is 11.2. The molecular formula is C16H24O2. The fourth-order valence-corrected chi connectivity index (χ4v) is 2.07. The van der Waals surface area contributed by atoms with Crippen LogP contribution in [-0.2, 0) is 9.59 Å². The van der Waals surface area contributed by atoms with E-state index in [9.17, 15) is 9.59 Å². The number of hydrogen-bond donors (Lipinski definition) is 0. The minimum atomic E-state index is 0.309. The average Bonchev–Trinajstić information content (AvgIpc) is 2.34. The Kier molecular flexibility index (Phi) is 8.11. The van der Waals surface area contributed by atoms with Crippen LogP contribution in [0.4, 0.5) is 0 Å². The molecule has 1 rings (SSSR count). The van der Waals surface area contributed by atoms with Crippen LogP contribution in [0.3, 0.4) is 0 Å². The van der Waals surface area contributed by atoms with E-state index in [1.54, 1.807) is 0 Å². The molecule has 18 heavy (non-hydrogen) atoms. The molecule has 0 aromatic rings. The fourth-order valence-electron chi connectivity index (χ4n) is 2.07. The van der Waals surface area contributed by atoms with Crippen molar-refractivity contribution in [3.05, 3.63) is 24.3 Å². The lowest BCUT2D eigenvalue weighted by atomic mass is 10.0. The molecule has 0 unspecified atom stereocenters. The SMILES string of the molecule is O=C1CCC/C=C/C/C=C/CCCC(=O)CCC1. The van der Waals surface area contributed by atoms with E-state index in [-0.39, 0.29) is 0 Å². The molecule has 0 aromatic heterocycles. The monoisotopic (exact) mass is 248 g/mol. The van der Waals surface area contributed by atoms with Crippen LogP contribution < -0.4 is 0 Å². The molecule has 0 amide bonds. The highest BCUT2D eigenvalue weighted by Gasteiger charge is 2.05. The zero-order valence-corrected chi connectivity index (χ0v) is 11.2. The van der Waals surface area contributed by atoms with Gasteiger partial charge in [-0.15, -0.1) is 0 Å². The number of carbonyl (C=O) groups excluding carboxylic acids is 2. The number of rotatable bonds is 0. The van der Waals surface area contributed by atoms with Gasteiger partial charge in [0.1, 0.15) is 11.6 Å². The van der Waals surface area contributed by atoms with Crippen molar-refractivity contribution in [3.63, 3.8) is 0 Å². The summed E-state index contributed by atoms with van der Waals surface area (Å²) in [7, 11) is 0. The summed E-state index contributed by atoms with van der Waals surface area (Å²) in [6.45, 7) is 0. The molecule has 0 aromatic carbocycles. The second kappa shape index (κ2) is 9.81. The number of ketones is 2. The fraction of sp³-hybridized carbons (Fsp3) is 0.625. The van der Waals surface area contributed by atoms with Crippen LogP contribution in [0, 0.1) is 0 Å². The van der Waals surface area contributed by atoms with E-state index >= 15 is 0 Å². The summed E-state index contributed by atoms with van der Waals surface area (Å²) < 4.78 is 0. The molecule has 0 saturated heterocycles. The van der Waals surface area contributed by atoms with Crippen LogP contribution in [-0.4, -0.2) is 11.6 Å². The van der Waals surface area contributed by atoms with Gasteiger partial charge in [-0.1, -0.05) is 24.3 Å². The van der Waals surface area contributed by atoms with Crippen LogP contribution in [0.2, 0.25) is 0 Å². The second-order valence-electron chi connectivity index (χ2n) is 4.89. The van der Waals surface area contributed by atoms with Gasteiger partial charge in [0.2, 0.25) is 0 Å². The van der Waals surface area contributed by atoms with Gasteiger partial charge in [-0.2, -0.15) is 0 Å². The van der Waals surface area contributed by atoms with Gasteiger partial charge in [-0.05, 0) is 38.5 Å². The Morgan fingerprint density at radius 3 is 1.56 bits per heavy atom. The maximum Gasteiger partial charge on any atom is 0.132 e. The lowest BCUT2D eigenvalue weighted by Gasteiger charge is -2.01. The third-order valence-corrected chi connectivity index (χ3v) is 3.17. The van der Waals surface area contributed by atoms with Crippen molar-refractivity contribution < 1.29 is 9.59 Å². The lowest BCUT2D eigenvalue weighted by molar-refractivity contribution is -0.120. The molecule has 2 nitrogen and oxygen atoms in total. The third kappa shape index (κ3) is 7.99. The van der Waals surface area contributed by atoms with Crippen molar-refractivity contribution in [1.29, 1.82) is 0 Å². The molecule has 0 N–H and O–H groups in total. The highest BCUT2D eigenvalue weighted by atomic mass is 16.1. The first kappa shape index (κ1) is 14.9. The van der Waals surface area contributed by atoms with E-state index in [1.807, 2.05) is 0 Å². The van der Waals surface area contributed by atoms with Crippen molar-refractivity contribution in [2.75, 3.05) is 0 Å². The molecule has 0 heterocycles. The summed E-state index contributed by atoms with van der Waals surface area (Å²) in [6.07, 6.45) is 16.6. The molecular weight excluding hydrogens is 224 g/mol. The molecule has 1 aliphatic carbocycles. The van der Waals surface area contributed by atoms with Crippen molar-refractivity contribution >= 4 is 11.6 Å². The van der Waals surface area contributed by atoms with Gasteiger partial charge in [0.25, 0.3) is 0 Å². The Morgan fingerprint density at radius 2 is 1.06 bits per heavy atom. The molecule has 0 atom stereocenters. The van der Waals surface area contributed by atoms with Crippen molar-refractivity contribution in [3.8, 4) is 0 Å². The second-order valence-corrected chi connectivity index (χ2v) is 4.89. The Labute approximate surface area is 110 Å². The van der Waals surface area contributed by atoms with Gasteiger partial charge in [0, 0.05) is 25.7 Å². The first-order valence-electron chi connectivity index (χ1n) is 7.12. The quantitative estimate of drug-likeness (QED) is 0.603. The average molecular weight is 248 g/mol. The molecule has 0 radical (unpaired) electrons. The van der Waals surface area contributed by atoms with Gasteiger partial charge < -0.3 is 0 Å². The van der Waals surface area contributed by atoms with Gasteiger partial charge in [0.05, 0.1) is 0 Å². The van der Waals surface area contributed by atoms with E-state index in [2.05, 4.69) is 24.3 Å². The van der Waals surface area contributed by atoms with E-state index in [1.165, 1.54) is 0 Å². The lowest BCUT2D eigenvalue weighted by Crippen LogP contribution is -2.02. The number of hydrogen-bond acceptors (Lipinski definition) is 2. The number of allylic oxidation sites excluding steroid dienone is 4. The molecule has 2 heteroatoms. The predicted octanol–water partition coefficient (Wildman–Crippen LogP) is 4.15. The molecule has 0 saturated carbocycles. The molecule has 100 valence electrons. The van der Waals surface area contributed by atoms with Gasteiger partial charge >= 0.3 is 0 Å². The van der Waals surface area contributed by atoms with Crippen LogP contribution >= 0.6 is 0 Å². The van der Waals surface area contributed by atoms with Gasteiger partial charge in [-0.25, -0.2) is 0 Å². The van der Waals surface area contributed by atoms with Crippen LogP contribution in [0.25, 0.3) is 0 Å². The Balaban J connectivity index is 2.36. The van der Waals surface area contributed by atoms with Gasteiger partial charge in [0.15, 0.2) is 0 Å². The topological polar surface area (TPSA) is 34.1 Å². The number of carbonyl (C=O) groups is 2. The van der Waals surface area contributed by atoms with Gasteiger partial charge in [-0.3, -0.25) is 9.59 Å². The molecule has 0 bridgehead atoms. The van der Waals surface area contributed by atoms with Crippen LogP contribution in [0.15, 0.2) is 24.3 Å². The summed E-state index contributed by atoms with van der Waals surface area (Å²) in [5.41, 5.74) is 0. The minimum absolute atomic E-state index is 0.309. The molecule has 0 aliphatic heterocycles. The van der Waals surface area contributed by atoms with E-state index in [4.69, 9.17) is 0 Å². The number of Topliss-reactive ketones (excluding diaryl/α,β-unsaturated/α-hetero) is 2. The van der Waals surface area contributed by atoms with Crippen LogP contribution in [0.5, 0.6) is 0 Å². The smallest absolute Gasteiger partial charge is 0.132 e. The first-order chi connectivity index (χ1) is 8.79. The van der Waals surface area contributed by atoms with Crippen molar-refractivity contribution in [2.45, 2.75) is 64.2 Å². The van der Waals surface area contributed by atoms with Crippen molar-refractivity contribution in [1.82, 2.24) is 0 Å². The Hall–Kier alpha value is -1.18. The highest BCUT2D eigenvalue weighted by molar-refractivity contribution is 5.81. The summed E-state index contributed by atoms with van der Waals surface area (Å²) >= 11 is 0. The molecule has 0 fully saturated rings. The largest absolute Gasteiger partial charge is 0.300 e. The van der Waals surface area contributed by atoms with E-state index in [0.29, 0.717) is 37.2 Å². The third-order valence-electron chi connectivity index (χ3n) is 3.17. The van der Waals surface area contributed by atoms with Crippen molar-refractivity contribution in [2.24, 2.45) is 0 Å². The zero-order chi connectivity index (χ0) is 13.1. The summed E-state index contributed by atoms with van der Waals surface area (Å²) in [6, 6.07) is 0. The maximum atomic E-state index is 11.5. The highest BCUT2D eigenvalue weighted by Crippen LogP contribution is 2.08. The summed E-state index contributed by atoms with van der Waals surface area (Å²) in [5.74, 6) is 0.617. The first-order valence-corrected chi connectivity index (χ1v) is 7.12. The Bertz CT molecular complexity index is 283. The standard InChI is InChI=1S/C16H24O2/c17-15-11-8-6-4-2-1-3-5-7-9-12-16(18)14-10-13-15/h2-5H,1,6-14H2/b4-2+,5-3+. The summed E-state index contributed by atoms with van der Waals surface area (Å²) in [4.78, 5) is 23.1. The van der Waals surface area contributed by atoms with E-state index in [0.717, 1.165) is 38.5 Å². The summed E-state index contributed by atoms with van der Waals surface area (Å²) in [5, 5.41) is 0. The maximum absolute atomic E-state index is 11.5. The molecule has 0 spiro atoms. The Morgan fingerprint density at radius 1 is 0.611 bits per heavy atom. The predicted molar refractivity (Wildman–Crippen MR) is 74.5 cm³/mol. The van der Waals surface area contributed by atoms with E-state index < -0.39 is 0 Å². The normalized spacial score (nSPS) is 24.7. The van der Waals surface area contributed by atoms with Crippen LogP contribution in [0.1, 0.15) is 64.2 Å².